The van der Waals surface area contributed by atoms with Gasteiger partial charge in [-0.05, 0) is 19.1 Å². The van der Waals surface area contributed by atoms with Gasteiger partial charge in [-0.1, -0.05) is 12.1 Å². The molecule has 2 N–H and O–H groups in total. The lowest BCUT2D eigenvalue weighted by molar-refractivity contribution is 0.219. The van der Waals surface area contributed by atoms with E-state index in [2.05, 4.69) is 15.7 Å². The zero-order chi connectivity index (χ0) is 16.2. The van der Waals surface area contributed by atoms with Crippen LogP contribution in [0.5, 0.6) is 5.75 Å². The van der Waals surface area contributed by atoms with Gasteiger partial charge < -0.3 is 15.4 Å². The Balaban J connectivity index is 1.59. The molecule has 122 valence electrons. The Morgan fingerprint density at radius 2 is 2.35 bits per heavy atom. The third kappa shape index (κ3) is 3.44. The van der Waals surface area contributed by atoms with Crippen molar-refractivity contribution in [3.05, 3.63) is 47.5 Å². The first kappa shape index (κ1) is 15.3. The van der Waals surface area contributed by atoms with Crippen LogP contribution in [0.2, 0.25) is 0 Å². The van der Waals surface area contributed by atoms with Crippen LogP contribution in [0.3, 0.4) is 0 Å². The van der Waals surface area contributed by atoms with Crippen molar-refractivity contribution in [1.29, 1.82) is 0 Å². The molecule has 0 unspecified atom stereocenters. The SMILES string of the molecule is CCn1ccc(CNC(=O)N[C@H]2CCOc3c(F)cccc32)n1. The molecular formula is C16H19FN4O2. The number of carbonyl (C=O) groups excluding carboxylic acids is 1. The van der Waals surface area contributed by atoms with Gasteiger partial charge in [-0.15, -0.1) is 0 Å². The van der Waals surface area contributed by atoms with E-state index in [1.54, 1.807) is 16.8 Å². The maximum Gasteiger partial charge on any atom is 0.315 e. The maximum absolute atomic E-state index is 13.7. The lowest BCUT2D eigenvalue weighted by Gasteiger charge is -2.26. The van der Waals surface area contributed by atoms with Crippen LogP contribution < -0.4 is 15.4 Å². The number of hydrogen-bond acceptors (Lipinski definition) is 3. The van der Waals surface area contributed by atoms with E-state index in [-0.39, 0.29) is 17.8 Å². The molecule has 0 aliphatic carbocycles. The van der Waals surface area contributed by atoms with Gasteiger partial charge in [-0.25, -0.2) is 9.18 Å². The molecule has 0 radical (unpaired) electrons. The number of hydrogen-bond donors (Lipinski definition) is 2. The van der Waals surface area contributed by atoms with Gasteiger partial charge in [0.05, 0.1) is 24.9 Å². The molecule has 0 bridgehead atoms. The number of rotatable bonds is 4. The van der Waals surface area contributed by atoms with Crippen LogP contribution >= 0.6 is 0 Å². The monoisotopic (exact) mass is 318 g/mol. The third-order valence-corrected chi connectivity index (χ3v) is 3.78. The van der Waals surface area contributed by atoms with E-state index in [0.717, 1.165) is 12.2 Å². The Labute approximate surface area is 133 Å². The van der Waals surface area contributed by atoms with Crippen LogP contribution in [-0.2, 0) is 13.1 Å². The van der Waals surface area contributed by atoms with Gasteiger partial charge >= 0.3 is 6.03 Å². The maximum atomic E-state index is 13.7. The second-order valence-electron chi connectivity index (χ2n) is 5.34. The van der Waals surface area contributed by atoms with E-state index in [0.29, 0.717) is 25.1 Å². The van der Waals surface area contributed by atoms with Gasteiger partial charge in [0.1, 0.15) is 0 Å². The van der Waals surface area contributed by atoms with Crippen molar-refractivity contribution < 1.29 is 13.9 Å². The molecule has 1 atom stereocenters. The fourth-order valence-electron chi connectivity index (χ4n) is 2.59. The summed E-state index contributed by atoms with van der Waals surface area (Å²) in [6.45, 7) is 3.51. The highest BCUT2D eigenvalue weighted by Gasteiger charge is 2.25. The van der Waals surface area contributed by atoms with Gasteiger partial charge in [0.25, 0.3) is 0 Å². The number of nitrogens with zero attached hydrogens (tertiary/aromatic N) is 2. The summed E-state index contributed by atoms with van der Waals surface area (Å²) in [6.07, 6.45) is 2.47. The van der Waals surface area contributed by atoms with Crippen molar-refractivity contribution in [2.24, 2.45) is 0 Å². The Morgan fingerprint density at radius 1 is 1.48 bits per heavy atom. The zero-order valence-electron chi connectivity index (χ0n) is 12.9. The quantitative estimate of drug-likeness (QED) is 0.909. The molecule has 1 aromatic carbocycles. The van der Waals surface area contributed by atoms with Crippen molar-refractivity contribution in [3.63, 3.8) is 0 Å². The summed E-state index contributed by atoms with van der Waals surface area (Å²) in [6, 6.07) is 6.03. The number of para-hydroxylation sites is 1. The molecule has 3 rings (SSSR count). The van der Waals surface area contributed by atoms with Gasteiger partial charge in [-0.2, -0.15) is 5.10 Å². The number of aryl methyl sites for hydroxylation is 1. The second kappa shape index (κ2) is 6.68. The summed E-state index contributed by atoms with van der Waals surface area (Å²) in [5.74, 6) is -0.176. The summed E-state index contributed by atoms with van der Waals surface area (Å²) < 4.78 is 20.9. The number of benzene rings is 1. The van der Waals surface area contributed by atoms with Crippen molar-refractivity contribution in [3.8, 4) is 5.75 Å². The topological polar surface area (TPSA) is 68.2 Å². The van der Waals surface area contributed by atoms with E-state index < -0.39 is 5.82 Å². The minimum Gasteiger partial charge on any atom is -0.490 e. The van der Waals surface area contributed by atoms with Crippen LogP contribution in [-0.4, -0.2) is 22.4 Å². The smallest absolute Gasteiger partial charge is 0.315 e. The van der Waals surface area contributed by atoms with Gasteiger partial charge in [0.15, 0.2) is 11.6 Å². The molecular weight excluding hydrogens is 299 g/mol. The number of aromatic nitrogens is 2. The molecule has 23 heavy (non-hydrogen) atoms. The summed E-state index contributed by atoms with van der Waals surface area (Å²) in [5, 5.41) is 9.93. The number of ether oxygens (including phenoxy) is 1. The first-order valence-electron chi connectivity index (χ1n) is 7.65. The molecule has 2 amide bonds. The van der Waals surface area contributed by atoms with Crippen LogP contribution in [0, 0.1) is 5.82 Å². The molecule has 2 aromatic rings. The molecule has 0 fully saturated rings. The van der Waals surface area contributed by atoms with Crippen molar-refractivity contribution in [2.45, 2.75) is 32.5 Å². The zero-order valence-corrected chi connectivity index (χ0v) is 12.9. The first-order valence-corrected chi connectivity index (χ1v) is 7.65. The first-order chi connectivity index (χ1) is 11.2. The summed E-state index contributed by atoms with van der Waals surface area (Å²) >= 11 is 0. The number of fused-ring (bicyclic) bond motifs is 1. The molecule has 1 aliphatic rings. The van der Waals surface area contributed by atoms with E-state index in [1.165, 1.54) is 6.07 Å². The van der Waals surface area contributed by atoms with Crippen LogP contribution in [0.15, 0.2) is 30.5 Å². The Hall–Kier alpha value is -2.57. The summed E-state index contributed by atoms with van der Waals surface area (Å²) in [7, 11) is 0. The predicted octanol–water partition coefficient (Wildman–Crippen LogP) is 2.37. The van der Waals surface area contributed by atoms with Crippen LogP contribution in [0.4, 0.5) is 9.18 Å². The molecule has 0 saturated heterocycles. The highest BCUT2D eigenvalue weighted by molar-refractivity contribution is 5.74. The Morgan fingerprint density at radius 3 is 3.13 bits per heavy atom. The minimum atomic E-state index is -0.403. The lowest BCUT2D eigenvalue weighted by Crippen LogP contribution is -2.39. The van der Waals surface area contributed by atoms with Gasteiger partial charge in [0, 0.05) is 24.7 Å². The summed E-state index contributed by atoms with van der Waals surface area (Å²) in [5.41, 5.74) is 1.46. The van der Waals surface area contributed by atoms with Crippen LogP contribution in [0.25, 0.3) is 0 Å². The molecule has 6 nitrogen and oxygen atoms in total. The summed E-state index contributed by atoms with van der Waals surface area (Å²) in [4.78, 5) is 12.1. The highest BCUT2D eigenvalue weighted by atomic mass is 19.1. The molecule has 1 aliphatic heterocycles. The number of amides is 2. The average molecular weight is 318 g/mol. The lowest BCUT2D eigenvalue weighted by atomic mass is 10.0. The molecule has 2 heterocycles. The third-order valence-electron chi connectivity index (χ3n) is 3.78. The van der Waals surface area contributed by atoms with E-state index in [1.807, 2.05) is 19.2 Å². The number of carbonyl (C=O) groups is 1. The normalized spacial score (nSPS) is 16.3. The van der Waals surface area contributed by atoms with E-state index in [9.17, 15) is 9.18 Å². The standard InChI is InChI=1S/C16H19FN4O2/c1-2-21-8-6-11(20-21)10-18-16(22)19-14-7-9-23-15-12(14)4-3-5-13(15)17/h3-6,8,14H,2,7,9-10H2,1H3,(H2,18,19,22)/t14-/m0/s1. The van der Waals surface area contributed by atoms with Crippen molar-refractivity contribution in [1.82, 2.24) is 20.4 Å². The number of halogens is 1. The fourth-order valence-corrected chi connectivity index (χ4v) is 2.59. The molecule has 0 spiro atoms. The van der Waals surface area contributed by atoms with E-state index >= 15 is 0 Å². The predicted molar refractivity (Wildman–Crippen MR) is 82.5 cm³/mol. The highest BCUT2D eigenvalue weighted by Crippen LogP contribution is 2.33. The number of urea groups is 1. The second-order valence-corrected chi connectivity index (χ2v) is 5.34. The molecule has 1 aromatic heterocycles. The van der Waals surface area contributed by atoms with Crippen LogP contribution in [0.1, 0.15) is 30.6 Å². The van der Waals surface area contributed by atoms with Gasteiger partial charge in [-0.3, -0.25) is 4.68 Å². The Bertz CT molecular complexity index is 701. The largest absolute Gasteiger partial charge is 0.490 e. The van der Waals surface area contributed by atoms with Crippen molar-refractivity contribution in [2.75, 3.05) is 6.61 Å². The van der Waals surface area contributed by atoms with E-state index in [4.69, 9.17) is 4.74 Å². The Kier molecular flexibility index (Phi) is 4.45. The van der Waals surface area contributed by atoms with Gasteiger partial charge in [0.2, 0.25) is 0 Å². The molecule has 7 heteroatoms. The minimum absolute atomic E-state index is 0.228. The number of nitrogens with one attached hydrogen (secondary N) is 2. The molecule has 0 saturated carbocycles. The van der Waals surface area contributed by atoms with Crippen molar-refractivity contribution >= 4 is 6.03 Å². The fraction of sp³-hybridized carbons (Fsp3) is 0.375. The average Bonchev–Trinajstić information content (AvgIpc) is 3.02.